The van der Waals surface area contributed by atoms with Crippen molar-refractivity contribution >= 4 is 53.4 Å². The second-order valence-electron chi connectivity index (χ2n) is 16.6. The van der Waals surface area contributed by atoms with E-state index in [1.165, 1.54) is 17.8 Å². The van der Waals surface area contributed by atoms with Gasteiger partial charge in [-0.15, -0.1) is 24.2 Å². The Bertz CT molecular complexity index is 1620. The maximum Gasteiger partial charge on any atom is 0.322 e. The van der Waals surface area contributed by atoms with Gasteiger partial charge in [0, 0.05) is 87.7 Å². The zero-order valence-electron chi connectivity index (χ0n) is 31.4. The lowest BCUT2D eigenvalue weighted by Gasteiger charge is -2.44. The third kappa shape index (κ3) is 8.98. The smallest absolute Gasteiger partial charge is 0.322 e. The molecule has 2 aromatic carbocycles. The molecule has 4 aliphatic rings. The summed E-state index contributed by atoms with van der Waals surface area (Å²) in [6.45, 7) is 17.5. The molecular formula is C39H55ClF2N6O3S. The number of piperazine rings is 1. The van der Waals surface area contributed by atoms with Crippen LogP contribution in [0, 0.1) is 17.0 Å². The number of carbonyl (C=O) groups is 3. The molecule has 286 valence electrons. The lowest BCUT2D eigenvalue weighted by Crippen LogP contribution is -2.53. The average molecular weight is 761 g/mol. The first-order valence-corrected chi connectivity index (χ1v) is 19.4. The molecule has 9 nitrogen and oxygen atoms in total. The lowest BCUT2D eigenvalue weighted by atomic mass is 9.92. The van der Waals surface area contributed by atoms with Crippen molar-refractivity contribution in [2.45, 2.75) is 95.9 Å². The van der Waals surface area contributed by atoms with Crippen LogP contribution in [0.15, 0.2) is 36.4 Å². The molecule has 2 aromatic rings. The van der Waals surface area contributed by atoms with Crippen LogP contribution in [0.25, 0.3) is 0 Å². The van der Waals surface area contributed by atoms with Crippen LogP contribution in [0.3, 0.4) is 0 Å². The van der Waals surface area contributed by atoms with Crippen molar-refractivity contribution in [3.8, 4) is 0 Å². The number of thioether (sulfide) groups is 1. The fourth-order valence-electron chi connectivity index (χ4n) is 7.81. The van der Waals surface area contributed by atoms with E-state index in [-0.39, 0.29) is 53.7 Å². The fourth-order valence-corrected chi connectivity index (χ4v) is 9.29. The van der Waals surface area contributed by atoms with Gasteiger partial charge in [0.15, 0.2) is 0 Å². The number of halogens is 3. The number of amides is 4. The Labute approximate surface area is 318 Å². The topological polar surface area (TPSA) is 79.4 Å². The second-order valence-corrected chi connectivity index (χ2v) is 17.9. The Morgan fingerprint density at radius 1 is 0.923 bits per heavy atom. The van der Waals surface area contributed by atoms with Crippen LogP contribution in [-0.4, -0.2) is 107 Å². The quantitative estimate of drug-likeness (QED) is 0.323. The third-order valence-corrected chi connectivity index (χ3v) is 12.3. The summed E-state index contributed by atoms with van der Waals surface area (Å²) in [4.78, 5) is 50.8. The van der Waals surface area contributed by atoms with Gasteiger partial charge in [-0.1, -0.05) is 39.0 Å². The van der Waals surface area contributed by atoms with Crippen LogP contribution >= 0.6 is 24.2 Å². The van der Waals surface area contributed by atoms with Gasteiger partial charge < -0.3 is 24.9 Å². The summed E-state index contributed by atoms with van der Waals surface area (Å²) in [5, 5.41) is 1.77. The molecule has 52 heavy (non-hydrogen) atoms. The number of anilines is 2. The number of nitrogens with zero attached hydrogens (tertiary/aromatic N) is 5. The van der Waals surface area contributed by atoms with Gasteiger partial charge >= 0.3 is 6.03 Å². The lowest BCUT2D eigenvalue weighted by molar-refractivity contribution is -0.137. The van der Waals surface area contributed by atoms with Crippen LogP contribution in [0.1, 0.15) is 83.7 Å². The number of rotatable bonds is 7. The molecule has 0 radical (unpaired) electrons. The first-order valence-electron chi connectivity index (χ1n) is 18.5. The van der Waals surface area contributed by atoms with Gasteiger partial charge in [-0.3, -0.25) is 14.5 Å². The Kier molecular flexibility index (Phi) is 12.4. The zero-order chi connectivity index (χ0) is 36.7. The highest BCUT2D eigenvalue weighted by atomic mass is 35.5. The van der Waals surface area contributed by atoms with Crippen LogP contribution in [0.4, 0.5) is 25.0 Å². The van der Waals surface area contributed by atoms with E-state index < -0.39 is 22.3 Å². The normalized spacial score (nSPS) is 22.2. The summed E-state index contributed by atoms with van der Waals surface area (Å²) in [5.41, 5.74) is 2.69. The van der Waals surface area contributed by atoms with E-state index >= 15 is 8.78 Å². The number of hydrogen-bond acceptors (Lipinski definition) is 6. The van der Waals surface area contributed by atoms with Crippen LogP contribution in [0.2, 0.25) is 0 Å². The van der Waals surface area contributed by atoms with Gasteiger partial charge in [0.1, 0.15) is 17.0 Å². The zero-order valence-corrected chi connectivity index (χ0v) is 33.1. The summed E-state index contributed by atoms with van der Waals surface area (Å²) in [6, 6.07) is 10.1. The number of benzene rings is 2. The minimum Gasteiger partial charge on any atom is -0.366 e. The first kappa shape index (κ1) is 40.1. The Morgan fingerprint density at radius 2 is 1.60 bits per heavy atom. The summed E-state index contributed by atoms with van der Waals surface area (Å²) in [7, 11) is 0. The highest BCUT2D eigenvalue weighted by molar-refractivity contribution is 8.01. The molecule has 0 aromatic heterocycles. The van der Waals surface area contributed by atoms with Gasteiger partial charge in [-0.25, -0.2) is 13.6 Å². The molecule has 4 heterocycles. The Balaban J connectivity index is 0.00000523. The van der Waals surface area contributed by atoms with E-state index in [1.54, 1.807) is 4.90 Å². The van der Waals surface area contributed by atoms with Gasteiger partial charge in [0.05, 0.1) is 10.9 Å². The fraction of sp³-hybridized carbons (Fsp3) is 0.615. The first-order chi connectivity index (χ1) is 24.1. The van der Waals surface area contributed by atoms with Crippen molar-refractivity contribution in [2.75, 3.05) is 62.6 Å². The van der Waals surface area contributed by atoms with Crippen molar-refractivity contribution in [1.82, 2.24) is 19.6 Å². The average Bonchev–Trinajstić information content (AvgIpc) is 3.26. The molecule has 2 atom stereocenters. The molecule has 3 saturated heterocycles. The number of fused-ring (bicyclic) bond motifs is 1. The van der Waals surface area contributed by atoms with E-state index in [4.69, 9.17) is 0 Å². The number of hydrogen-bond donors (Lipinski definition) is 1. The summed E-state index contributed by atoms with van der Waals surface area (Å²) >= 11 is 1.34. The van der Waals surface area contributed by atoms with Gasteiger partial charge in [-0.2, -0.15) is 0 Å². The molecule has 3 fully saturated rings. The maximum atomic E-state index is 15.8. The van der Waals surface area contributed by atoms with Crippen LogP contribution in [0.5, 0.6) is 0 Å². The van der Waals surface area contributed by atoms with Gasteiger partial charge in [0.25, 0.3) is 0 Å². The molecule has 0 aliphatic carbocycles. The van der Waals surface area contributed by atoms with Gasteiger partial charge in [-0.05, 0) is 69.6 Å². The van der Waals surface area contributed by atoms with Crippen molar-refractivity contribution in [3.63, 3.8) is 0 Å². The molecule has 0 spiro atoms. The Hall–Kier alpha value is -3.09. The maximum absolute atomic E-state index is 15.8. The highest BCUT2D eigenvalue weighted by Gasteiger charge is 2.45. The summed E-state index contributed by atoms with van der Waals surface area (Å²) in [6.07, 6.45) is 2.82. The molecule has 0 saturated carbocycles. The van der Waals surface area contributed by atoms with E-state index in [1.807, 2.05) is 39.0 Å². The monoisotopic (exact) mass is 760 g/mol. The molecule has 1 N–H and O–H groups in total. The van der Waals surface area contributed by atoms with Crippen molar-refractivity contribution < 1.29 is 23.2 Å². The van der Waals surface area contributed by atoms with Crippen molar-refractivity contribution in [1.29, 1.82) is 0 Å². The van der Waals surface area contributed by atoms with E-state index in [0.29, 0.717) is 69.8 Å². The molecule has 4 aliphatic heterocycles. The number of nitrogens with one attached hydrogen (secondary N) is 1. The summed E-state index contributed by atoms with van der Waals surface area (Å²) < 4.78 is 30.8. The molecule has 4 amide bonds. The molecular weight excluding hydrogens is 706 g/mol. The van der Waals surface area contributed by atoms with E-state index in [2.05, 4.69) is 51.8 Å². The largest absolute Gasteiger partial charge is 0.366 e. The molecule has 6 rings (SSSR count). The summed E-state index contributed by atoms with van der Waals surface area (Å²) in [5.74, 6) is -1.56. The minimum absolute atomic E-state index is 0. The predicted octanol–water partition coefficient (Wildman–Crippen LogP) is 7.16. The number of para-hydroxylation sites is 1. The SMILES string of the molecule is CC(C)(C)CCN1C(=O)[C@H](CC(=O)N2CCC(N3CCc4ccccc4NC3=O)CC2)SC1c1cc(F)cc(F)c1N1CCN(C(C)(C)C)CC1.Cl. The second kappa shape index (κ2) is 16.1. The van der Waals surface area contributed by atoms with Crippen molar-refractivity contribution in [2.24, 2.45) is 5.41 Å². The minimum atomic E-state index is -0.673. The standard InChI is InChI=1S/C39H54F2N6O3S.ClH/c1-38(2,3)14-18-47-35(49)32(51-36(47)29-23-27(40)24-30(41)34(29)44-19-21-45(22-20-44)39(4,5)6)25-33(48)43-15-12-28(13-16-43)46-17-11-26-9-7-8-10-31(26)42-37(46)50;/h7-10,23-24,28,32,36H,11-22,25H2,1-6H3,(H,42,50);1H/t32-,36?;/m0./s1. The highest BCUT2D eigenvalue weighted by Crippen LogP contribution is 2.49. The van der Waals surface area contributed by atoms with E-state index in [0.717, 1.165) is 36.8 Å². The Morgan fingerprint density at radius 3 is 2.25 bits per heavy atom. The number of urea groups is 1. The van der Waals surface area contributed by atoms with Crippen LogP contribution in [-0.2, 0) is 16.0 Å². The molecule has 0 bridgehead atoms. The van der Waals surface area contributed by atoms with Gasteiger partial charge in [0.2, 0.25) is 11.8 Å². The number of piperidine rings is 1. The molecule has 1 unspecified atom stereocenters. The number of carbonyl (C=O) groups excluding carboxylic acids is 3. The molecule has 13 heteroatoms. The van der Waals surface area contributed by atoms with Crippen LogP contribution < -0.4 is 10.2 Å². The third-order valence-electron chi connectivity index (χ3n) is 10.9. The number of likely N-dealkylation sites (tertiary alicyclic amines) is 1. The van der Waals surface area contributed by atoms with Crippen molar-refractivity contribution in [3.05, 3.63) is 59.2 Å². The van der Waals surface area contributed by atoms with E-state index in [9.17, 15) is 14.4 Å². The predicted molar refractivity (Wildman–Crippen MR) is 207 cm³/mol.